The maximum atomic E-state index is 5.42. The molecule has 0 unspecified atom stereocenters. The van der Waals surface area contributed by atoms with Crippen LogP contribution in [0.5, 0.6) is 5.75 Å². The summed E-state index contributed by atoms with van der Waals surface area (Å²) in [5, 5.41) is 15.5. The van der Waals surface area contributed by atoms with E-state index in [-0.39, 0.29) is 0 Å². The largest absolute Gasteiger partial charge is 0.496 e. The molecular formula is C17H22N4O. The molecule has 2 aromatic rings. The van der Waals surface area contributed by atoms with Crippen LogP contribution in [-0.2, 0) is 0 Å². The third-order valence-electron chi connectivity index (χ3n) is 3.99. The lowest BCUT2D eigenvalue weighted by molar-refractivity contribution is 0.416. The van der Waals surface area contributed by atoms with Crippen molar-refractivity contribution in [3.05, 3.63) is 35.9 Å². The van der Waals surface area contributed by atoms with Crippen LogP contribution in [0.4, 0.5) is 5.82 Å². The normalized spacial score (nSPS) is 15.5. The molecule has 0 amide bonds. The van der Waals surface area contributed by atoms with Crippen molar-refractivity contribution >= 4 is 5.82 Å². The van der Waals surface area contributed by atoms with Crippen molar-refractivity contribution in [1.82, 2.24) is 15.5 Å². The Hall–Kier alpha value is -2.14. The van der Waals surface area contributed by atoms with Gasteiger partial charge in [-0.1, -0.05) is 11.6 Å². The van der Waals surface area contributed by atoms with Gasteiger partial charge in [-0.25, -0.2) is 0 Å². The molecule has 1 aromatic carbocycles. The second-order valence-electron chi connectivity index (χ2n) is 5.68. The Kier molecular flexibility index (Phi) is 4.53. The minimum atomic E-state index is 0.481. The lowest BCUT2D eigenvalue weighted by Crippen LogP contribution is -2.35. The number of ether oxygens (including phenoxy) is 1. The highest BCUT2D eigenvalue weighted by Crippen LogP contribution is 2.29. The number of nitrogens with zero attached hydrogens (tertiary/aromatic N) is 2. The lowest BCUT2D eigenvalue weighted by atomic mass is 10.1. The Bertz CT molecular complexity index is 621. The van der Waals surface area contributed by atoms with Crippen LogP contribution in [-0.4, -0.2) is 36.4 Å². The van der Waals surface area contributed by atoms with Crippen molar-refractivity contribution in [3.8, 4) is 17.0 Å². The summed E-state index contributed by atoms with van der Waals surface area (Å²) in [6.07, 6.45) is 2.24. The first-order valence-corrected chi connectivity index (χ1v) is 7.72. The van der Waals surface area contributed by atoms with E-state index in [2.05, 4.69) is 33.8 Å². The zero-order valence-electron chi connectivity index (χ0n) is 13.1. The van der Waals surface area contributed by atoms with E-state index < -0.39 is 0 Å². The summed E-state index contributed by atoms with van der Waals surface area (Å²) in [4.78, 5) is 0. The summed E-state index contributed by atoms with van der Waals surface area (Å²) in [6.45, 7) is 4.18. The maximum absolute atomic E-state index is 5.42. The Morgan fingerprint density at radius 2 is 1.95 bits per heavy atom. The molecule has 1 saturated heterocycles. The molecule has 2 N–H and O–H groups in total. The number of rotatable bonds is 4. The van der Waals surface area contributed by atoms with Crippen molar-refractivity contribution in [2.75, 3.05) is 25.5 Å². The summed E-state index contributed by atoms with van der Waals surface area (Å²) in [6, 6.07) is 10.5. The van der Waals surface area contributed by atoms with Gasteiger partial charge in [0.05, 0.1) is 12.8 Å². The van der Waals surface area contributed by atoms with E-state index in [0.717, 1.165) is 48.8 Å². The molecule has 2 heterocycles. The van der Waals surface area contributed by atoms with Gasteiger partial charge in [0.25, 0.3) is 0 Å². The highest BCUT2D eigenvalue weighted by Gasteiger charge is 2.14. The zero-order chi connectivity index (χ0) is 15.4. The third-order valence-corrected chi connectivity index (χ3v) is 3.99. The molecule has 1 fully saturated rings. The van der Waals surface area contributed by atoms with Gasteiger partial charge in [-0.15, -0.1) is 10.2 Å². The average Bonchev–Trinajstić information content (AvgIpc) is 2.56. The molecule has 1 aliphatic rings. The number of nitrogens with one attached hydrogen (secondary N) is 2. The van der Waals surface area contributed by atoms with Crippen molar-refractivity contribution in [2.24, 2.45) is 0 Å². The number of aryl methyl sites for hydroxylation is 1. The molecule has 1 aromatic heterocycles. The summed E-state index contributed by atoms with van der Waals surface area (Å²) in [5.41, 5.74) is 2.98. The van der Waals surface area contributed by atoms with Crippen molar-refractivity contribution < 1.29 is 4.74 Å². The Labute approximate surface area is 131 Å². The number of anilines is 1. The molecule has 5 heteroatoms. The van der Waals surface area contributed by atoms with Gasteiger partial charge in [-0.2, -0.15) is 0 Å². The van der Waals surface area contributed by atoms with E-state index in [0.29, 0.717) is 6.04 Å². The van der Waals surface area contributed by atoms with Crippen LogP contribution in [0.15, 0.2) is 30.3 Å². The molecule has 0 bridgehead atoms. The molecule has 0 radical (unpaired) electrons. The summed E-state index contributed by atoms with van der Waals surface area (Å²) >= 11 is 0. The first kappa shape index (κ1) is 14.8. The van der Waals surface area contributed by atoms with Gasteiger partial charge in [0.2, 0.25) is 0 Å². The minimum absolute atomic E-state index is 0.481. The summed E-state index contributed by atoms with van der Waals surface area (Å²) in [7, 11) is 1.68. The van der Waals surface area contributed by atoms with Gasteiger partial charge in [0.1, 0.15) is 11.6 Å². The predicted octanol–water partition coefficient (Wildman–Crippen LogP) is 2.62. The van der Waals surface area contributed by atoms with Crippen LogP contribution in [0.2, 0.25) is 0 Å². The molecular weight excluding hydrogens is 276 g/mol. The fraction of sp³-hybridized carbons (Fsp3) is 0.412. The van der Waals surface area contributed by atoms with E-state index in [1.165, 1.54) is 5.56 Å². The number of aromatic nitrogens is 2. The SMILES string of the molecule is COc1ccc(C)cc1-c1ccc(NC2CCNCC2)nn1. The van der Waals surface area contributed by atoms with Gasteiger partial charge in [0.15, 0.2) is 0 Å². The topological polar surface area (TPSA) is 59.1 Å². The molecule has 0 atom stereocenters. The van der Waals surface area contributed by atoms with Crippen molar-refractivity contribution in [2.45, 2.75) is 25.8 Å². The van der Waals surface area contributed by atoms with E-state index in [4.69, 9.17) is 4.74 Å². The quantitative estimate of drug-likeness (QED) is 0.908. The van der Waals surface area contributed by atoms with E-state index in [1.807, 2.05) is 24.3 Å². The van der Waals surface area contributed by atoms with E-state index in [1.54, 1.807) is 7.11 Å². The Balaban J connectivity index is 1.77. The standard InChI is InChI=1S/C17H22N4O/c1-12-3-5-16(22-2)14(11-12)15-4-6-17(21-20-15)19-13-7-9-18-10-8-13/h3-6,11,13,18H,7-10H2,1-2H3,(H,19,21). The highest BCUT2D eigenvalue weighted by molar-refractivity contribution is 5.68. The van der Waals surface area contributed by atoms with Gasteiger partial charge < -0.3 is 15.4 Å². The van der Waals surface area contributed by atoms with E-state index >= 15 is 0 Å². The average molecular weight is 298 g/mol. The number of hydrogen-bond acceptors (Lipinski definition) is 5. The fourth-order valence-electron chi connectivity index (χ4n) is 2.75. The number of methoxy groups -OCH3 is 1. The fourth-order valence-corrected chi connectivity index (χ4v) is 2.75. The first-order chi connectivity index (χ1) is 10.8. The molecule has 5 nitrogen and oxygen atoms in total. The van der Waals surface area contributed by atoms with Crippen molar-refractivity contribution in [3.63, 3.8) is 0 Å². The third kappa shape index (κ3) is 3.36. The van der Waals surface area contributed by atoms with Gasteiger partial charge in [-0.05, 0) is 57.1 Å². The maximum Gasteiger partial charge on any atom is 0.148 e. The van der Waals surface area contributed by atoms with Crippen molar-refractivity contribution in [1.29, 1.82) is 0 Å². The lowest BCUT2D eigenvalue weighted by Gasteiger charge is -2.23. The van der Waals surface area contributed by atoms with Crippen LogP contribution in [0.3, 0.4) is 0 Å². The Morgan fingerprint density at radius 3 is 2.64 bits per heavy atom. The van der Waals surface area contributed by atoms with Gasteiger partial charge in [-0.3, -0.25) is 0 Å². The van der Waals surface area contributed by atoms with E-state index in [9.17, 15) is 0 Å². The van der Waals surface area contributed by atoms with Gasteiger partial charge in [0, 0.05) is 11.6 Å². The number of hydrogen-bond donors (Lipinski definition) is 2. The molecule has 3 rings (SSSR count). The first-order valence-electron chi connectivity index (χ1n) is 7.72. The molecule has 116 valence electrons. The number of piperidine rings is 1. The van der Waals surface area contributed by atoms with Gasteiger partial charge >= 0.3 is 0 Å². The molecule has 0 saturated carbocycles. The Morgan fingerprint density at radius 1 is 1.14 bits per heavy atom. The number of benzene rings is 1. The zero-order valence-corrected chi connectivity index (χ0v) is 13.1. The monoisotopic (exact) mass is 298 g/mol. The molecule has 22 heavy (non-hydrogen) atoms. The summed E-state index contributed by atoms with van der Waals surface area (Å²) in [5.74, 6) is 1.65. The smallest absolute Gasteiger partial charge is 0.148 e. The predicted molar refractivity (Wildman–Crippen MR) is 88.3 cm³/mol. The highest BCUT2D eigenvalue weighted by atomic mass is 16.5. The van der Waals surface area contributed by atoms with Crippen LogP contribution >= 0.6 is 0 Å². The second-order valence-corrected chi connectivity index (χ2v) is 5.68. The minimum Gasteiger partial charge on any atom is -0.496 e. The van der Waals surface area contributed by atoms with Crippen LogP contribution in [0.25, 0.3) is 11.3 Å². The van der Waals surface area contributed by atoms with Crippen LogP contribution < -0.4 is 15.4 Å². The second kappa shape index (κ2) is 6.75. The molecule has 0 spiro atoms. The molecule has 1 aliphatic heterocycles. The van der Waals surface area contributed by atoms with Crippen LogP contribution in [0.1, 0.15) is 18.4 Å². The summed E-state index contributed by atoms with van der Waals surface area (Å²) < 4.78 is 5.42. The van der Waals surface area contributed by atoms with Crippen LogP contribution in [0, 0.1) is 6.92 Å². The molecule has 0 aliphatic carbocycles.